The van der Waals surface area contributed by atoms with Gasteiger partial charge in [-0.25, -0.2) is 0 Å². The Labute approximate surface area is 804 Å². The fraction of sp³-hybridized carbons (Fsp3) is 0.0455. The maximum atomic E-state index is 2.37. The third kappa shape index (κ3) is 16.5. The van der Waals surface area contributed by atoms with Gasteiger partial charge in [-0.1, -0.05) is 388 Å². The average Bonchev–Trinajstić information content (AvgIpc) is 2.34. The maximum Gasteiger partial charge on any atom is 0.0543 e. The molecule has 0 aliphatic carbocycles. The lowest BCUT2D eigenvalue weighted by Crippen LogP contribution is -1.92. The topological polar surface area (TPSA) is 29.6 Å². The Bertz CT molecular complexity index is 8920. The lowest BCUT2D eigenvalue weighted by molar-refractivity contribution is 1.01. The predicted octanol–water partition coefficient (Wildman–Crippen LogP) is 35.2. The zero-order valence-corrected chi connectivity index (χ0v) is 78.2. The van der Waals surface area contributed by atoms with Gasteiger partial charge in [0.25, 0.3) is 0 Å². The summed E-state index contributed by atoms with van der Waals surface area (Å²) < 4.78 is 13.8. The monoisotopic (exact) mass is 1770 g/mol. The first-order chi connectivity index (χ1) is 68.0. The second-order valence-electron chi connectivity index (χ2n) is 35.8. The standard InChI is InChI=1S/C37H27N.C25H19N.3C19H15N.C13H11N/c1-38-36-22-20-28(32-18-10-8-16-30(32)26-12-4-2-5-13-26)24-34(36)35-25-29(21-23-37(35)38)33-19-11-9-17-31(33)27-14-6-3-7-15-27;1-26-24-13-6-5-12-22(24)23-15-14-21(17-25(23)26)20-11-7-10-19(16-20)18-8-3-2-4-9-18;1-20-18-10-6-5-9-16(18)17-13-15(11-12-19(17)20)14-7-3-2-4-8-14;1-14-11-12-19-17(13-14)16-9-5-6-10-18(16)20(19)15-7-3-2-4-8-15;1-14-11-12-17-16-9-5-6-10-18(16)20(19(17)13-14)15-7-3-2-4-8-15;1-14-12-8-4-2-6-10(12)11-7-3-5-9-13(11)14/h2-25H,1H3;2-17H,1H3;3*2-13H,1H3;2-9H,1H3. The first-order valence-electron chi connectivity index (χ1n) is 47.5. The van der Waals surface area contributed by atoms with Gasteiger partial charge in [-0.3, -0.25) is 0 Å². The van der Waals surface area contributed by atoms with E-state index in [1.807, 2.05) is 0 Å². The molecule has 660 valence electrons. The molecule has 0 amide bonds. The fourth-order valence-electron chi connectivity index (χ4n) is 20.6. The molecular formula is C132H102N6. The van der Waals surface area contributed by atoms with Crippen molar-refractivity contribution in [2.24, 2.45) is 28.2 Å². The Hall–Kier alpha value is -17.6. The SMILES string of the molecule is Cc1ccc2c(c1)c1ccccc1n2-c1ccccc1.Cc1ccc2c3ccccc3n(-c3ccccc3)c2c1.Cn1c2ccc(-c3ccccc3-c3ccccc3)cc2c2cc(-c3ccccc3-c3ccccc3)ccc21.Cn1c2ccccc2c2cc(-c3ccccc3)ccc21.Cn1c2ccccc2c2ccc(-c3cccc(-c4ccccc4)c3)cc21.Cn1c2ccccc2c2ccccc21. The number of hydrogen-bond donors (Lipinski definition) is 0. The highest BCUT2D eigenvalue weighted by molar-refractivity contribution is 6.15. The molecule has 6 nitrogen and oxygen atoms in total. The van der Waals surface area contributed by atoms with E-state index in [1.54, 1.807) is 0 Å². The molecule has 21 aromatic carbocycles. The average molecular weight is 1770 g/mol. The summed E-state index contributed by atoms with van der Waals surface area (Å²) in [6, 6.07) is 182. The Morgan fingerprint density at radius 3 is 0.797 bits per heavy atom. The van der Waals surface area contributed by atoms with Gasteiger partial charge in [0.1, 0.15) is 0 Å². The molecule has 6 heteroatoms. The second kappa shape index (κ2) is 37.8. The van der Waals surface area contributed by atoms with Gasteiger partial charge in [0.05, 0.1) is 22.1 Å². The van der Waals surface area contributed by atoms with Crippen molar-refractivity contribution in [3.63, 3.8) is 0 Å². The van der Waals surface area contributed by atoms with E-state index < -0.39 is 0 Å². The molecule has 0 N–H and O–H groups in total. The predicted molar refractivity (Wildman–Crippen MR) is 591 cm³/mol. The Kier molecular flexibility index (Phi) is 23.5. The van der Waals surface area contributed by atoms with Crippen molar-refractivity contribution >= 4 is 131 Å². The fourth-order valence-corrected chi connectivity index (χ4v) is 20.6. The molecule has 27 rings (SSSR count). The van der Waals surface area contributed by atoms with Crippen LogP contribution in [0.3, 0.4) is 0 Å². The highest BCUT2D eigenvalue weighted by Crippen LogP contribution is 2.43. The number of fused-ring (bicyclic) bond motifs is 18. The van der Waals surface area contributed by atoms with Crippen LogP contribution < -0.4 is 0 Å². The van der Waals surface area contributed by atoms with E-state index in [2.05, 4.69) is 579 Å². The zero-order valence-electron chi connectivity index (χ0n) is 78.2. The van der Waals surface area contributed by atoms with Crippen LogP contribution in [0.25, 0.3) is 220 Å². The molecular weight excluding hydrogens is 1670 g/mol. The van der Waals surface area contributed by atoms with E-state index in [-0.39, 0.29) is 0 Å². The van der Waals surface area contributed by atoms with Crippen molar-refractivity contribution in [1.29, 1.82) is 0 Å². The van der Waals surface area contributed by atoms with Gasteiger partial charge in [-0.15, -0.1) is 0 Å². The highest BCUT2D eigenvalue weighted by atomic mass is 15.0. The lowest BCUT2D eigenvalue weighted by Gasteiger charge is -2.11. The van der Waals surface area contributed by atoms with Crippen molar-refractivity contribution in [3.8, 4) is 89.3 Å². The molecule has 0 aliphatic rings. The summed E-state index contributed by atoms with van der Waals surface area (Å²) in [6.45, 7) is 4.29. The number of benzene rings is 21. The van der Waals surface area contributed by atoms with Crippen molar-refractivity contribution in [2.75, 3.05) is 0 Å². The van der Waals surface area contributed by atoms with Crippen LogP contribution in [-0.4, -0.2) is 27.4 Å². The van der Waals surface area contributed by atoms with E-state index in [0.717, 1.165) is 0 Å². The third-order valence-electron chi connectivity index (χ3n) is 27.4. The van der Waals surface area contributed by atoms with Crippen LogP contribution >= 0.6 is 0 Å². The van der Waals surface area contributed by atoms with E-state index in [1.165, 1.54) is 231 Å². The van der Waals surface area contributed by atoms with Crippen LogP contribution in [-0.2, 0) is 28.2 Å². The van der Waals surface area contributed by atoms with Crippen molar-refractivity contribution in [1.82, 2.24) is 27.4 Å². The van der Waals surface area contributed by atoms with Crippen LogP contribution in [0.1, 0.15) is 11.1 Å². The molecule has 0 aliphatic heterocycles. The highest BCUT2D eigenvalue weighted by Gasteiger charge is 2.20. The van der Waals surface area contributed by atoms with Gasteiger partial charge in [0.15, 0.2) is 0 Å². The molecule has 138 heavy (non-hydrogen) atoms. The normalized spacial score (nSPS) is 11.3. The molecule has 0 spiro atoms. The van der Waals surface area contributed by atoms with Gasteiger partial charge >= 0.3 is 0 Å². The second-order valence-corrected chi connectivity index (χ2v) is 35.8. The summed E-state index contributed by atoms with van der Waals surface area (Å²) in [6.07, 6.45) is 0. The maximum absolute atomic E-state index is 2.37. The molecule has 0 unspecified atom stereocenters. The first kappa shape index (κ1) is 85.9. The van der Waals surface area contributed by atoms with Crippen LogP contribution in [0.4, 0.5) is 0 Å². The lowest BCUT2D eigenvalue weighted by atomic mass is 9.92. The first-order valence-corrected chi connectivity index (χ1v) is 47.5. The number of para-hydroxylation sites is 8. The Morgan fingerprint density at radius 2 is 0.355 bits per heavy atom. The summed E-state index contributed by atoms with van der Waals surface area (Å²) in [5.41, 5.74) is 37.8. The summed E-state index contributed by atoms with van der Waals surface area (Å²) in [4.78, 5) is 0. The molecule has 0 saturated carbocycles. The molecule has 0 radical (unpaired) electrons. The van der Waals surface area contributed by atoms with Crippen LogP contribution in [0, 0.1) is 13.8 Å². The summed E-state index contributed by atoms with van der Waals surface area (Å²) in [7, 11) is 8.56. The van der Waals surface area contributed by atoms with E-state index >= 15 is 0 Å². The summed E-state index contributed by atoms with van der Waals surface area (Å²) in [5.74, 6) is 0. The minimum atomic E-state index is 1.21. The van der Waals surface area contributed by atoms with Crippen LogP contribution in [0.5, 0.6) is 0 Å². The minimum absolute atomic E-state index is 1.21. The quantitative estimate of drug-likeness (QED) is 0.138. The summed E-state index contributed by atoms with van der Waals surface area (Å²) in [5, 5.41) is 15.8. The Morgan fingerprint density at radius 1 is 0.123 bits per heavy atom. The van der Waals surface area contributed by atoms with Crippen molar-refractivity contribution in [3.05, 3.63) is 521 Å². The van der Waals surface area contributed by atoms with Crippen molar-refractivity contribution in [2.45, 2.75) is 13.8 Å². The molecule has 0 bridgehead atoms. The molecule has 0 saturated heterocycles. The molecule has 6 heterocycles. The van der Waals surface area contributed by atoms with Gasteiger partial charge in [0.2, 0.25) is 0 Å². The number of hydrogen-bond acceptors (Lipinski definition) is 0. The molecule has 27 aromatic rings. The van der Waals surface area contributed by atoms with Gasteiger partial charge in [-0.2, -0.15) is 0 Å². The third-order valence-corrected chi connectivity index (χ3v) is 27.4. The number of nitrogens with zero attached hydrogens (tertiary/aromatic N) is 6. The number of aryl methyl sites for hydroxylation is 6. The van der Waals surface area contributed by atoms with Crippen LogP contribution in [0.15, 0.2) is 510 Å². The van der Waals surface area contributed by atoms with E-state index in [0.29, 0.717) is 0 Å². The van der Waals surface area contributed by atoms with Crippen LogP contribution in [0.2, 0.25) is 0 Å². The molecule has 0 atom stereocenters. The minimum Gasteiger partial charge on any atom is -0.344 e. The smallest absolute Gasteiger partial charge is 0.0543 e. The van der Waals surface area contributed by atoms with Gasteiger partial charge < -0.3 is 27.4 Å². The molecule has 0 fully saturated rings. The molecule has 6 aromatic heterocycles. The Balaban J connectivity index is 0.0000000983. The summed E-state index contributed by atoms with van der Waals surface area (Å²) >= 11 is 0. The van der Waals surface area contributed by atoms with E-state index in [9.17, 15) is 0 Å². The van der Waals surface area contributed by atoms with Gasteiger partial charge in [0, 0.05) is 148 Å². The zero-order chi connectivity index (χ0) is 93.1. The number of aromatic nitrogens is 6. The number of rotatable bonds is 9. The largest absolute Gasteiger partial charge is 0.344 e. The van der Waals surface area contributed by atoms with Crippen molar-refractivity contribution < 1.29 is 0 Å². The van der Waals surface area contributed by atoms with Gasteiger partial charge in [-0.05, 0) is 225 Å². The van der Waals surface area contributed by atoms with E-state index in [4.69, 9.17) is 0 Å².